The van der Waals surface area contributed by atoms with Crippen LogP contribution in [0.4, 0.5) is 11.4 Å². The third-order valence-corrected chi connectivity index (χ3v) is 4.69. The van der Waals surface area contributed by atoms with E-state index in [4.69, 9.17) is 17.4 Å². The number of aryl methyl sites for hydroxylation is 1. The lowest BCUT2D eigenvalue weighted by Gasteiger charge is -2.08. The fraction of sp³-hybridized carbons (Fsp3) is 0.0625. The number of hydrazone groups is 1. The number of sulfonamides is 1. The molecule has 5 N–H and O–H groups in total. The minimum Gasteiger partial charge on any atom is -0.331 e. The van der Waals surface area contributed by atoms with Crippen molar-refractivity contribution in [1.82, 2.24) is 5.43 Å². The lowest BCUT2D eigenvalue weighted by atomic mass is 10.1. The van der Waals surface area contributed by atoms with Gasteiger partial charge in [-0.1, -0.05) is 17.7 Å². The molecule has 0 spiro atoms. The Labute approximate surface area is 155 Å². The number of anilines is 2. The average Bonchev–Trinajstić information content (AvgIpc) is 2.87. The van der Waals surface area contributed by atoms with Gasteiger partial charge in [0.05, 0.1) is 10.6 Å². The van der Waals surface area contributed by atoms with Gasteiger partial charge in [-0.05, 0) is 49.5 Å². The minimum atomic E-state index is -3.82. The Hall–Kier alpha value is -2.82. The van der Waals surface area contributed by atoms with Crippen molar-refractivity contribution < 1.29 is 13.2 Å². The summed E-state index contributed by atoms with van der Waals surface area (Å²) in [6, 6.07) is 11.4. The van der Waals surface area contributed by atoms with E-state index < -0.39 is 10.0 Å². The second kappa shape index (κ2) is 6.83. The molecule has 0 unspecified atom stereocenters. The number of carbonyl (C=O) groups is 1. The molecule has 0 atom stereocenters. The summed E-state index contributed by atoms with van der Waals surface area (Å²) in [6.45, 7) is 1.92. The number of benzene rings is 2. The molecule has 26 heavy (non-hydrogen) atoms. The van der Waals surface area contributed by atoms with Gasteiger partial charge >= 0.3 is 0 Å². The fourth-order valence-corrected chi connectivity index (χ4v) is 3.12. The number of carbonyl (C=O) groups excluding carboxylic acids is 1. The highest BCUT2D eigenvalue weighted by molar-refractivity contribution is 7.89. The number of rotatable bonds is 3. The van der Waals surface area contributed by atoms with Crippen molar-refractivity contribution in [2.24, 2.45) is 10.2 Å². The number of fused-ring (bicyclic) bond motifs is 1. The van der Waals surface area contributed by atoms with Gasteiger partial charge in [0.1, 0.15) is 0 Å². The van der Waals surface area contributed by atoms with Crippen LogP contribution in [0.5, 0.6) is 0 Å². The maximum absolute atomic E-state index is 12.0. The van der Waals surface area contributed by atoms with Crippen molar-refractivity contribution in [3.63, 3.8) is 0 Å². The molecule has 0 saturated carbocycles. The molecule has 2 aromatic carbocycles. The van der Waals surface area contributed by atoms with E-state index in [1.807, 2.05) is 19.1 Å². The van der Waals surface area contributed by atoms with Gasteiger partial charge in [-0.2, -0.15) is 5.10 Å². The summed E-state index contributed by atoms with van der Waals surface area (Å²) in [6.07, 6.45) is 0. The van der Waals surface area contributed by atoms with Crippen molar-refractivity contribution in [2.75, 3.05) is 10.6 Å². The van der Waals surface area contributed by atoms with Gasteiger partial charge in [0.2, 0.25) is 10.0 Å². The number of nitrogens with zero attached hydrogens (tertiary/aromatic N) is 1. The highest BCUT2D eigenvalue weighted by Crippen LogP contribution is 2.24. The molecule has 0 aromatic heterocycles. The van der Waals surface area contributed by atoms with Crippen LogP contribution in [0.25, 0.3) is 0 Å². The van der Waals surface area contributed by atoms with Crippen LogP contribution in [0.15, 0.2) is 52.5 Å². The van der Waals surface area contributed by atoms with Crippen LogP contribution >= 0.6 is 12.2 Å². The molecule has 1 aliphatic rings. The van der Waals surface area contributed by atoms with Crippen molar-refractivity contribution in [3.8, 4) is 0 Å². The number of nitrogens with one attached hydrogen (secondary N) is 3. The lowest BCUT2D eigenvalue weighted by Crippen LogP contribution is -2.27. The molecule has 1 amide bonds. The summed E-state index contributed by atoms with van der Waals surface area (Å²) in [5, 5.41) is 14.8. The van der Waals surface area contributed by atoms with Crippen molar-refractivity contribution >= 4 is 50.3 Å². The number of nitrogens with two attached hydrogens (primary N) is 1. The Balaban J connectivity index is 1.75. The summed E-state index contributed by atoms with van der Waals surface area (Å²) in [5.41, 5.74) is 5.58. The van der Waals surface area contributed by atoms with E-state index in [1.165, 1.54) is 18.2 Å². The zero-order valence-electron chi connectivity index (χ0n) is 13.6. The number of primary sulfonamides is 1. The number of hydrogen-bond acceptors (Lipinski definition) is 5. The lowest BCUT2D eigenvalue weighted by molar-refractivity contribution is -0.110. The summed E-state index contributed by atoms with van der Waals surface area (Å²) in [4.78, 5) is 12.0. The molecule has 1 heterocycles. The van der Waals surface area contributed by atoms with Gasteiger partial charge in [0.25, 0.3) is 5.91 Å². The van der Waals surface area contributed by atoms with Crippen molar-refractivity contribution in [2.45, 2.75) is 11.8 Å². The Kier molecular flexibility index (Phi) is 4.72. The fourth-order valence-electron chi connectivity index (χ4n) is 2.39. The molecule has 0 aliphatic carbocycles. The van der Waals surface area contributed by atoms with Gasteiger partial charge < -0.3 is 10.6 Å². The predicted octanol–water partition coefficient (Wildman–Crippen LogP) is 1.29. The van der Waals surface area contributed by atoms with Crippen LogP contribution in [-0.2, 0) is 14.8 Å². The summed E-state index contributed by atoms with van der Waals surface area (Å²) >= 11 is 5.13. The van der Waals surface area contributed by atoms with Crippen LogP contribution in [0.3, 0.4) is 0 Å². The van der Waals surface area contributed by atoms with Crippen LogP contribution < -0.4 is 21.2 Å². The molecular weight excluding hydrogens is 374 g/mol. The average molecular weight is 389 g/mol. The van der Waals surface area contributed by atoms with E-state index in [0.29, 0.717) is 16.9 Å². The molecule has 3 rings (SSSR count). The summed E-state index contributed by atoms with van der Waals surface area (Å²) in [5.74, 6) is -0.336. The van der Waals surface area contributed by atoms with Gasteiger partial charge in [0, 0.05) is 11.3 Å². The van der Waals surface area contributed by atoms with E-state index in [2.05, 4.69) is 21.2 Å². The molecule has 134 valence electrons. The normalized spacial score (nSPS) is 14.7. The SMILES string of the molecule is Cc1ccc2c(c1)C(=NNC(=S)Nc1cccc(S(N)(=O)=O)c1)C(=O)N2. The van der Waals surface area contributed by atoms with Gasteiger partial charge in [0.15, 0.2) is 10.8 Å². The van der Waals surface area contributed by atoms with Crippen LogP contribution in [0, 0.1) is 6.92 Å². The van der Waals surface area contributed by atoms with Crippen LogP contribution in [0.2, 0.25) is 0 Å². The Bertz CT molecular complexity index is 1050. The Morgan fingerprint density at radius 2 is 2.00 bits per heavy atom. The van der Waals surface area contributed by atoms with Crippen LogP contribution in [0.1, 0.15) is 11.1 Å². The van der Waals surface area contributed by atoms with E-state index >= 15 is 0 Å². The largest absolute Gasteiger partial charge is 0.331 e. The third kappa shape index (κ3) is 3.87. The first-order chi connectivity index (χ1) is 12.2. The Morgan fingerprint density at radius 1 is 1.23 bits per heavy atom. The smallest absolute Gasteiger partial charge is 0.276 e. The molecule has 0 radical (unpaired) electrons. The maximum atomic E-state index is 12.0. The van der Waals surface area contributed by atoms with Gasteiger partial charge in [-0.25, -0.2) is 13.6 Å². The quantitative estimate of drug-likeness (QED) is 0.463. The highest BCUT2D eigenvalue weighted by Gasteiger charge is 2.26. The van der Waals surface area contributed by atoms with E-state index in [9.17, 15) is 13.2 Å². The molecule has 1 aliphatic heterocycles. The second-order valence-electron chi connectivity index (χ2n) is 5.60. The van der Waals surface area contributed by atoms with E-state index in [0.717, 1.165) is 5.56 Å². The number of thiocarbonyl (C=S) groups is 1. The zero-order valence-corrected chi connectivity index (χ0v) is 15.2. The summed E-state index contributed by atoms with van der Waals surface area (Å²) in [7, 11) is -3.82. The molecule has 0 bridgehead atoms. The van der Waals surface area contributed by atoms with Crippen molar-refractivity contribution in [3.05, 3.63) is 53.6 Å². The molecule has 0 saturated heterocycles. The van der Waals surface area contributed by atoms with Gasteiger partial charge in [-0.15, -0.1) is 0 Å². The van der Waals surface area contributed by atoms with E-state index in [1.54, 1.807) is 12.1 Å². The molecule has 10 heteroatoms. The second-order valence-corrected chi connectivity index (χ2v) is 7.57. The first-order valence-electron chi connectivity index (χ1n) is 7.44. The molecule has 8 nitrogen and oxygen atoms in total. The van der Waals surface area contributed by atoms with E-state index in [-0.39, 0.29) is 21.6 Å². The van der Waals surface area contributed by atoms with Gasteiger partial charge in [-0.3, -0.25) is 10.2 Å². The van der Waals surface area contributed by atoms with Crippen molar-refractivity contribution in [1.29, 1.82) is 0 Å². The molecule has 2 aromatic rings. The molecule has 0 fully saturated rings. The predicted molar refractivity (Wildman–Crippen MR) is 104 cm³/mol. The summed E-state index contributed by atoms with van der Waals surface area (Å²) < 4.78 is 22.8. The van der Waals surface area contributed by atoms with Crippen LogP contribution in [-0.4, -0.2) is 25.1 Å². The monoisotopic (exact) mass is 389 g/mol. The zero-order chi connectivity index (χ0) is 18.9. The maximum Gasteiger partial charge on any atom is 0.276 e. The Morgan fingerprint density at radius 3 is 2.73 bits per heavy atom. The first-order valence-corrected chi connectivity index (χ1v) is 9.39. The standard InChI is InChI=1S/C16H15N5O3S2/c1-9-5-6-13-12(7-9)14(15(22)19-13)20-21-16(25)18-10-3-2-4-11(8-10)26(17,23)24/h2-8H,1H3,(H2,17,23,24)(H2,18,21,25)(H,19,20,22). The third-order valence-electron chi connectivity index (χ3n) is 3.58. The highest BCUT2D eigenvalue weighted by atomic mass is 32.2. The molecular formula is C16H15N5O3S2. The first kappa shape index (κ1) is 18.0. The topological polar surface area (TPSA) is 126 Å². The minimum absolute atomic E-state index is 0.0452. The number of amides is 1. The number of hydrogen-bond donors (Lipinski definition) is 4.